The van der Waals surface area contributed by atoms with Crippen LogP contribution in [0.4, 0.5) is 9.18 Å². The molecule has 1 amide bonds. The Morgan fingerprint density at radius 3 is 2.38 bits per heavy atom. The number of ketones is 1. The van der Waals surface area contributed by atoms with E-state index in [4.69, 9.17) is 21.1 Å². The van der Waals surface area contributed by atoms with Gasteiger partial charge in [0.05, 0.1) is 11.6 Å². The topological polar surface area (TPSA) is 77.5 Å². The number of nitrogens with zero attached hydrogens (tertiary/aromatic N) is 1. The number of alkyl carbamates (subject to hydrolysis) is 1. The fraction of sp³-hybridized carbons (Fsp3) is 0.381. The Hall–Kier alpha value is -2.67. The van der Waals surface area contributed by atoms with Crippen molar-refractivity contribution in [2.75, 3.05) is 6.61 Å². The van der Waals surface area contributed by atoms with E-state index >= 15 is 0 Å². The SMILES string of the molecule is CCOc1ccc(C(C)(NC(=O)OC(C)(C)C)C(=O)c2ccc(Cl)c(F)c2)cn1. The lowest BCUT2D eigenvalue weighted by atomic mass is 9.85. The third-order valence-corrected chi connectivity index (χ3v) is 4.30. The number of Topliss-reactive ketones (excluding diaryl/α,β-unsaturated/α-hetero) is 1. The second-order valence-corrected chi connectivity index (χ2v) is 7.94. The molecule has 0 aliphatic rings. The van der Waals surface area contributed by atoms with Crippen LogP contribution >= 0.6 is 11.6 Å². The molecule has 0 saturated carbocycles. The molecule has 6 nitrogen and oxygen atoms in total. The average Bonchev–Trinajstić information content (AvgIpc) is 2.62. The second kappa shape index (κ2) is 8.78. The molecule has 1 aromatic carbocycles. The van der Waals surface area contributed by atoms with Crippen molar-refractivity contribution >= 4 is 23.5 Å². The van der Waals surface area contributed by atoms with Crippen molar-refractivity contribution in [1.29, 1.82) is 0 Å². The van der Waals surface area contributed by atoms with Crippen LogP contribution in [0.25, 0.3) is 0 Å². The Kier molecular flexibility index (Phi) is 6.85. The van der Waals surface area contributed by atoms with Gasteiger partial charge in [-0.15, -0.1) is 0 Å². The van der Waals surface area contributed by atoms with Crippen LogP contribution in [0.2, 0.25) is 5.02 Å². The minimum atomic E-state index is -1.57. The number of pyridine rings is 1. The summed E-state index contributed by atoms with van der Waals surface area (Å²) < 4.78 is 24.6. The highest BCUT2D eigenvalue weighted by Crippen LogP contribution is 2.28. The number of carbonyl (C=O) groups is 2. The van der Waals surface area contributed by atoms with Crippen molar-refractivity contribution in [2.45, 2.75) is 45.8 Å². The van der Waals surface area contributed by atoms with Gasteiger partial charge in [0, 0.05) is 23.4 Å². The van der Waals surface area contributed by atoms with Gasteiger partial charge in [-0.2, -0.15) is 0 Å². The summed E-state index contributed by atoms with van der Waals surface area (Å²) in [6.45, 7) is 8.88. The predicted octanol–water partition coefficient (Wildman–Crippen LogP) is 4.90. The molecule has 2 rings (SSSR count). The van der Waals surface area contributed by atoms with Gasteiger partial charge in [-0.1, -0.05) is 11.6 Å². The Labute approximate surface area is 174 Å². The highest BCUT2D eigenvalue weighted by molar-refractivity contribution is 6.30. The molecule has 1 N–H and O–H groups in total. The number of hydrogen-bond acceptors (Lipinski definition) is 5. The van der Waals surface area contributed by atoms with E-state index in [0.29, 0.717) is 18.1 Å². The zero-order valence-corrected chi connectivity index (χ0v) is 17.8. The summed E-state index contributed by atoms with van der Waals surface area (Å²) >= 11 is 5.72. The third-order valence-electron chi connectivity index (χ3n) is 3.99. The molecule has 1 aromatic heterocycles. The quantitative estimate of drug-likeness (QED) is 0.670. The maximum atomic E-state index is 13.9. The Morgan fingerprint density at radius 1 is 1.17 bits per heavy atom. The van der Waals surface area contributed by atoms with Crippen LogP contribution in [0.5, 0.6) is 5.88 Å². The molecule has 0 spiro atoms. The average molecular weight is 423 g/mol. The molecule has 0 saturated heterocycles. The standard InChI is InChI=1S/C21H24ClFN2O4/c1-6-28-17-10-8-14(12-24-17)21(5,25-19(27)29-20(2,3)4)18(26)13-7-9-15(22)16(23)11-13/h7-12H,6H2,1-5H3,(H,25,27). The largest absolute Gasteiger partial charge is 0.478 e. The van der Waals surface area contributed by atoms with E-state index in [1.807, 2.05) is 6.92 Å². The molecule has 0 radical (unpaired) electrons. The van der Waals surface area contributed by atoms with Gasteiger partial charge in [0.1, 0.15) is 17.0 Å². The Morgan fingerprint density at radius 2 is 1.86 bits per heavy atom. The lowest BCUT2D eigenvalue weighted by Crippen LogP contribution is -2.51. The van der Waals surface area contributed by atoms with Gasteiger partial charge in [0.25, 0.3) is 0 Å². The number of aromatic nitrogens is 1. The summed E-state index contributed by atoms with van der Waals surface area (Å²) in [5, 5.41) is 2.50. The summed E-state index contributed by atoms with van der Waals surface area (Å²) in [5.74, 6) is -0.910. The highest BCUT2D eigenvalue weighted by Gasteiger charge is 2.39. The lowest BCUT2D eigenvalue weighted by Gasteiger charge is -2.31. The van der Waals surface area contributed by atoms with Crippen molar-refractivity contribution in [2.24, 2.45) is 0 Å². The summed E-state index contributed by atoms with van der Waals surface area (Å²) in [4.78, 5) is 29.9. The minimum absolute atomic E-state index is 0.0411. The van der Waals surface area contributed by atoms with Gasteiger partial charge >= 0.3 is 6.09 Å². The van der Waals surface area contributed by atoms with Gasteiger partial charge < -0.3 is 14.8 Å². The smallest absolute Gasteiger partial charge is 0.408 e. The summed E-state index contributed by atoms with van der Waals surface area (Å²) in [5.41, 5.74) is -1.91. The minimum Gasteiger partial charge on any atom is -0.478 e. The number of nitrogens with one attached hydrogen (secondary N) is 1. The van der Waals surface area contributed by atoms with Crippen LogP contribution in [0, 0.1) is 5.82 Å². The number of amides is 1. The van der Waals surface area contributed by atoms with Crippen LogP contribution in [0.3, 0.4) is 0 Å². The fourth-order valence-electron chi connectivity index (χ4n) is 2.60. The van der Waals surface area contributed by atoms with E-state index in [1.54, 1.807) is 32.9 Å². The molecule has 0 aliphatic carbocycles. The van der Waals surface area contributed by atoms with Gasteiger partial charge in [-0.3, -0.25) is 4.79 Å². The Bertz CT molecular complexity index is 897. The van der Waals surface area contributed by atoms with Crippen molar-refractivity contribution in [1.82, 2.24) is 10.3 Å². The van der Waals surface area contributed by atoms with Crippen LogP contribution < -0.4 is 10.1 Å². The van der Waals surface area contributed by atoms with E-state index < -0.39 is 28.8 Å². The monoisotopic (exact) mass is 422 g/mol. The van der Waals surface area contributed by atoms with Crippen molar-refractivity contribution < 1.29 is 23.5 Å². The van der Waals surface area contributed by atoms with Crippen molar-refractivity contribution in [3.05, 3.63) is 58.5 Å². The molecule has 1 atom stereocenters. The van der Waals surface area contributed by atoms with Crippen molar-refractivity contribution in [3.8, 4) is 5.88 Å². The molecular formula is C21H24ClFN2O4. The molecule has 156 valence electrons. The molecular weight excluding hydrogens is 399 g/mol. The summed E-state index contributed by atoms with van der Waals surface area (Å²) in [6, 6.07) is 6.91. The van der Waals surface area contributed by atoms with Crippen LogP contribution in [0.15, 0.2) is 36.5 Å². The van der Waals surface area contributed by atoms with E-state index in [0.717, 1.165) is 6.07 Å². The lowest BCUT2D eigenvalue weighted by molar-refractivity contribution is 0.0441. The number of rotatable bonds is 6. The molecule has 29 heavy (non-hydrogen) atoms. The zero-order chi connectivity index (χ0) is 21.8. The van der Waals surface area contributed by atoms with E-state index in [1.165, 1.54) is 25.3 Å². The van der Waals surface area contributed by atoms with Crippen LogP contribution in [-0.2, 0) is 10.3 Å². The van der Waals surface area contributed by atoms with Crippen LogP contribution in [-0.4, -0.2) is 29.1 Å². The fourth-order valence-corrected chi connectivity index (χ4v) is 2.72. The van der Waals surface area contributed by atoms with E-state index in [-0.39, 0.29) is 10.6 Å². The molecule has 0 fully saturated rings. The van der Waals surface area contributed by atoms with E-state index in [2.05, 4.69) is 10.3 Å². The summed E-state index contributed by atoms with van der Waals surface area (Å²) in [6.07, 6.45) is 0.628. The molecule has 1 unspecified atom stereocenters. The molecule has 2 aromatic rings. The van der Waals surface area contributed by atoms with Gasteiger partial charge in [-0.05, 0) is 58.9 Å². The van der Waals surface area contributed by atoms with Gasteiger partial charge in [-0.25, -0.2) is 14.2 Å². The highest BCUT2D eigenvalue weighted by atomic mass is 35.5. The van der Waals surface area contributed by atoms with E-state index in [9.17, 15) is 14.0 Å². The number of ether oxygens (including phenoxy) is 2. The first kappa shape index (κ1) is 22.6. The molecule has 0 aliphatic heterocycles. The number of halogens is 2. The first-order valence-electron chi connectivity index (χ1n) is 9.06. The van der Waals surface area contributed by atoms with Gasteiger partial charge in [0.2, 0.25) is 5.88 Å². The predicted molar refractivity (Wildman–Crippen MR) is 108 cm³/mol. The first-order valence-corrected chi connectivity index (χ1v) is 9.44. The molecule has 1 heterocycles. The maximum Gasteiger partial charge on any atom is 0.408 e. The third kappa shape index (κ3) is 5.67. The molecule has 0 bridgehead atoms. The number of benzene rings is 1. The number of hydrogen-bond donors (Lipinski definition) is 1. The second-order valence-electron chi connectivity index (χ2n) is 7.53. The normalized spacial score (nSPS) is 13.3. The van der Waals surface area contributed by atoms with Crippen LogP contribution in [0.1, 0.15) is 50.5 Å². The van der Waals surface area contributed by atoms with Crippen molar-refractivity contribution in [3.63, 3.8) is 0 Å². The zero-order valence-electron chi connectivity index (χ0n) is 17.0. The molecule has 8 heteroatoms. The maximum absolute atomic E-state index is 13.9. The summed E-state index contributed by atoms with van der Waals surface area (Å²) in [7, 11) is 0. The number of carbonyl (C=O) groups excluding carboxylic acids is 2. The Balaban J connectivity index is 2.47. The first-order chi connectivity index (χ1) is 13.5. The van der Waals surface area contributed by atoms with Gasteiger partial charge in [0.15, 0.2) is 5.78 Å².